The SMILES string of the molecule is O=C(O)C(CNc1ccc(Cl)cc1)c1ccccc1. The second kappa shape index (κ2) is 6.25. The minimum Gasteiger partial charge on any atom is -0.481 e. The molecule has 98 valence electrons. The van der Waals surface area contributed by atoms with Crippen LogP contribution in [0.15, 0.2) is 54.6 Å². The van der Waals surface area contributed by atoms with Crippen molar-refractivity contribution in [3.05, 3.63) is 65.2 Å². The van der Waals surface area contributed by atoms with Gasteiger partial charge in [-0.25, -0.2) is 0 Å². The fourth-order valence-corrected chi connectivity index (χ4v) is 1.95. The zero-order chi connectivity index (χ0) is 13.7. The first-order chi connectivity index (χ1) is 9.16. The highest BCUT2D eigenvalue weighted by Gasteiger charge is 2.19. The monoisotopic (exact) mass is 275 g/mol. The summed E-state index contributed by atoms with van der Waals surface area (Å²) < 4.78 is 0. The van der Waals surface area contributed by atoms with Crippen molar-refractivity contribution < 1.29 is 9.90 Å². The molecule has 0 aliphatic heterocycles. The number of aliphatic carboxylic acids is 1. The molecule has 4 heteroatoms. The average Bonchev–Trinajstić information content (AvgIpc) is 2.42. The highest BCUT2D eigenvalue weighted by atomic mass is 35.5. The summed E-state index contributed by atoms with van der Waals surface area (Å²) in [4.78, 5) is 11.3. The van der Waals surface area contributed by atoms with E-state index in [1.807, 2.05) is 42.5 Å². The molecule has 2 N–H and O–H groups in total. The van der Waals surface area contributed by atoms with E-state index in [4.69, 9.17) is 11.6 Å². The molecule has 0 spiro atoms. The molecule has 0 heterocycles. The van der Waals surface area contributed by atoms with Crippen LogP contribution in [0.5, 0.6) is 0 Å². The molecular weight excluding hydrogens is 262 g/mol. The Kier molecular flexibility index (Phi) is 4.42. The number of anilines is 1. The van der Waals surface area contributed by atoms with Gasteiger partial charge in [-0.1, -0.05) is 41.9 Å². The van der Waals surface area contributed by atoms with Gasteiger partial charge in [0.25, 0.3) is 0 Å². The van der Waals surface area contributed by atoms with E-state index in [-0.39, 0.29) is 0 Å². The molecule has 2 aromatic carbocycles. The lowest BCUT2D eigenvalue weighted by Gasteiger charge is -2.14. The average molecular weight is 276 g/mol. The number of rotatable bonds is 5. The minimum absolute atomic E-state index is 0.334. The number of carboxylic acid groups (broad SMARTS) is 1. The standard InChI is InChI=1S/C15H14ClNO2/c16-12-6-8-13(9-7-12)17-10-14(15(18)19)11-4-2-1-3-5-11/h1-9,14,17H,10H2,(H,18,19). The number of hydrogen-bond donors (Lipinski definition) is 2. The van der Waals surface area contributed by atoms with E-state index in [0.29, 0.717) is 11.6 Å². The number of hydrogen-bond acceptors (Lipinski definition) is 2. The third-order valence-corrected chi connectivity index (χ3v) is 3.11. The summed E-state index contributed by atoms with van der Waals surface area (Å²) in [5.74, 6) is -1.41. The maximum Gasteiger partial charge on any atom is 0.312 e. The molecule has 0 aliphatic rings. The van der Waals surface area contributed by atoms with Crippen LogP contribution < -0.4 is 5.32 Å². The van der Waals surface area contributed by atoms with Gasteiger partial charge in [-0.3, -0.25) is 4.79 Å². The summed E-state index contributed by atoms with van der Waals surface area (Å²) in [6.07, 6.45) is 0. The van der Waals surface area contributed by atoms with E-state index in [2.05, 4.69) is 5.32 Å². The first-order valence-corrected chi connectivity index (χ1v) is 6.32. The Morgan fingerprint density at radius 1 is 1.11 bits per heavy atom. The maximum atomic E-state index is 11.3. The van der Waals surface area contributed by atoms with Crippen LogP contribution in [0.2, 0.25) is 5.02 Å². The quantitative estimate of drug-likeness (QED) is 0.876. The highest BCUT2D eigenvalue weighted by molar-refractivity contribution is 6.30. The lowest BCUT2D eigenvalue weighted by molar-refractivity contribution is -0.138. The molecule has 0 fully saturated rings. The van der Waals surface area contributed by atoms with Gasteiger partial charge in [0.2, 0.25) is 0 Å². The van der Waals surface area contributed by atoms with Crippen molar-refractivity contribution in [2.75, 3.05) is 11.9 Å². The Bertz CT molecular complexity index is 540. The number of benzene rings is 2. The first-order valence-electron chi connectivity index (χ1n) is 5.94. The Morgan fingerprint density at radius 2 is 1.74 bits per heavy atom. The number of carboxylic acids is 1. The van der Waals surface area contributed by atoms with E-state index in [1.54, 1.807) is 12.1 Å². The fourth-order valence-electron chi connectivity index (χ4n) is 1.82. The van der Waals surface area contributed by atoms with Gasteiger partial charge in [-0.15, -0.1) is 0 Å². The number of nitrogens with one attached hydrogen (secondary N) is 1. The molecule has 0 radical (unpaired) electrons. The van der Waals surface area contributed by atoms with Crippen LogP contribution in [0, 0.1) is 0 Å². The molecule has 0 aromatic heterocycles. The molecule has 0 amide bonds. The second-order valence-electron chi connectivity index (χ2n) is 4.19. The summed E-state index contributed by atoms with van der Waals surface area (Å²) in [5.41, 5.74) is 1.64. The van der Waals surface area contributed by atoms with Crippen LogP contribution in [-0.2, 0) is 4.79 Å². The maximum absolute atomic E-state index is 11.3. The molecule has 0 saturated heterocycles. The van der Waals surface area contributed by atoms with Gasteiger partial charge in [0, 0.05) is 17.3 Å². The number of halogens is 1. The Morgan fingerprint density at radius 3 is 2.32 bits per heavy atom. The van der Waals surface area contributed by atoms with Crippen LogP contribution in [-0.4, -0.2) is 17.6 Å². The molecule has 1 unspecified atom stereocenters. The van der Waals surface area contributed by atoms with E-state index in [0.717, 1.165) is 11.3 Å². The third kappa shape index (κ3) is 3.73. The molecular formula is C15H14ClNO2. The number of carbonyl (C=O) groups is 1. The topological polar surface area (TPSA) is 49.3 Å². The van der Waals surface area contributed by atoms with Crippen molar-refractivity contribution in [2.45, 2.75) is 5.92 Å². The van der Waals surface area contributed by atoms with Crippen LogP contribution in [0.3, 0.4) is 0 Å². The smallest absolute Gasteiger partial charge is 0.312 e. The normalized spacial score (nSPS) is 11.8. The van der Waals surface area contributed by atoms with Crippen molar-refractivity contribution >= 4 is 23.3 Å². The largest absolute Gasteiger partial charge is 0.481 e. The van der Waals surface area contributed by atoms with E-state index in [9.17, 15) is 9.90 Å². The van der Waals surface area contributed by atoms with Crippen molar-refractivity contribution in [3.63, 3.8) is 0 Å². The van der Waals surface area contributed by atoms with Crippen LogP contribution in [0.4, 0.5) is 5.69 Å². The summed E-state index contributed by atoms with van der Waals surface area (Å²) in [6.45, 7) is 0.334. The second-order valence-corrected chi connectivity index (χ2v) is 4.63. The predicted molar refractivity (Wildman–Crippen MR) is 76.8 cm³/mol. The molecule has 1 atom stereocenters. The Labute approximate surface area is 116 Å². The van der Waals surface area contributed by atoms with Gasteiger partial charge in [-0.2, -0.15) is 0 Å². The van der Waals surface area contributed by atoms with E-state index >= 15 is 0 Å². The van der Waals surface area contributed by atoms with Gasteiger partial charge >= 0.3 is 5.97 Å². The summed E-state index contributed by atoms with van der Waals surface area (Å²) in [7, 11) is 0. The van der Waals surface area contributed by atoms with Gasteiger partial charge in [0.05, 0.1) is 5.92 Å². The molecule has 3 nitrogen and oxygen atoms in total. The summed E-state index contributed by atoms with van der Waals surface area (Å²) in [6, 6.07) is 16.4. The lowest BCUT2D eigenvalue weighted by atomic mass is 9.99. The minimum atomic E-state index is -0.840. The Hall–Kier alpha value is -2.00. The van der Waals surface area contributed by atoms with E-state index < -0.39 is 11.9 Å². The van der Waals surface area contributed by atoms with Gasteiger partial charge < -0.3 is 10.4 Å². The molecule has 2 aromatic rings. The zero-order valence-electron chi connectivity index (χ0n) is 10.2. The van der Waals surface area contributed by atoms with Crippen molar-refractivity contribution in [1.29, 1.82) is 0 Å². The summed E-state index contributed by atoms with van der Waals surface area (Å²) in [5, 5.41) is 13.1. The summed E-state index contributed by atoms with van der Waals surface area (Å²) >= 11 is 5.80. The van der Waals surface area contributed by atoms with Gasteiger partial charge in [0.1, 0.15) is 0 Å². The first kappa shape index (κ1) is 13.4. The molecule has 0 bridgehead atoms. The fraction of sp³-hybridized carbons (Fsp3) is 0.133. The van der Waals surface area contributed by atoms with Crippen LogP contribution in [0.25, 0.3) is 0 Å². The molecule has 0 aliphatic carbocycles. The van der Waals surface area contributed by atoms with Crippen molar-refractivity contribution in [2.24, 2.45) is 0 Å². The molecule has 19 heavy (non-hydrogen) atoms. The lowest BCUT2D eigenvalue weighted by Crippen LogP contribution is -2.20. The Balaban J connectivity index is 2.06. The zero-order valence-corrected chi connectivity index (χ0v) is 11.0. The third-order valence-electron chi connectivity index (χ3n) is 2.85. The van der Waals surface area contributed by atoms with Crippen molar-refractivity contribution in [1.82, 2.24) is 0 Å². The van der Waals surface area contributed by atoms with Gasteiger partial charge in [0.15, 0.2) is 0 Å². The van der Waals surface area contributed by atoms with Crippen LogP contribution in [0.1, 0.15) is 11.5 Å². The van der Waals surface area contributed by atoms with Crippen molar-refractivity contribution in [3.8, 4) is 0 Å². The molecule has 0 saturated carbocycles. The van der Waals surface area contributed by atoms with E-state index in [1.165, 1.54) is 0 Å². The highest BCUT2D eigenvalue weighted by Crippen LogP contribution is 2.18. The predicted octanol–water partition coefficient (Wildman–Crippen LogP) is 3.62. The van der Waals surface area contributed by atoms with Crippen LogP contribution >= 0.6 is 11.6 Å². The van der Waals surface area contributed by atoms with Gasteiger partial charge in [-0.05, 0) is 29.8 Å². The molecule has 2 rings (SSSR count).